The maximum Gasteiger partial charge on any atom is 0.135 e. The molecule has 1 aliphatic rings. The quantitative estimate of drug-likeness (QED) is 0.715. The molecule has 4 nitrogen and oxygen atoms in total. The highest BCUT2D eigenvalue weighted by Gasteiger charge is 2.23. The third kappa shape index (κ3) is 4.62. The second-order valence-corrected chi connectivity index (χ2v) is 6.50. The van der Waals surface area contributed by atoms with Crippen molar-refractivity contribution in [1.29, 1.82) is 0 Å². The summed E-state index contributed by atoms with van der Waals surface area (Å²) in [7, 11) is 3.33. The maximum absolute atomic E-state index is 6.02. The Kier molecular flexibility index (Phi) is 6.14. The van der Waals surface area contributed by atoms with Crippen LogP contribution in [0.4, 0.5) is 0 Å². The zero-order chi connectivity index (χ0) is 14.5. The van der Waals surface area contributed by atoms with Crippen molar-refractivity contribution in [3.8, 4) is 11.5 Å². The predicted molar refractivity (Wildman–Crippen MR) is 85.7 cm³/mol. The van der Waals surface area contributed by atoms with Gasteiger partial charge in [0.2, 0.25) is 0 Å². The van der Waals surface area contributed by atoms with Crippen molar-refractivity contribution in [2.75, 3.05) is 27.4 Å². The Hall–Kier alpha value is -0.300. The van der Waals surface area contributed by atoms with E-state index in [0.717, 1.165) is 27.0 Å². The fourth-order valence-corrected chi connectivity index (χ4v) is 2.74. The SMILES string of the molecule is COCC(CNC1CC1)Oc1cc(Br)c(OC)cc1Br. The summed E-state index contributed by atoms with van der Waals surface area (Å²) in [5.41, 5.74) is 0. The van der Waals surface area contributed by atoms with Gasteiger partial charge in [-0.15, -0.1) is 0 Å². The van der Waals surface area contributed by atoms with E-state index in [0.29, 0.717) is 12.6 Å². The van der Waals surface area contributed by atoms with Gasteiger partial charge in [-0.3, -0.25) is 0 Å². The summed E-state index contributed by atoms with van der Waals surface area (Å²) >= 11 is 6.98. The van der Waals surface area contributed by atoms with E-state index in [1.165, 1.54) is 12.8 Å². The highest BCUT2D eigenvalue weighted by molar-refractivity contribution is 9.11. The summed E-state index contributed by atoms with van der Waals surface area (Å²) in [6.45, 7) is 1.34. The number of hydrogen-bond donors (Lipinski definition) is 1. The molecule has 6 heteroatoms. The standard InChI is InChI=1S/C14H19Br2NO3/c1-18-8-10(7-17-9-3-4-9)20-14-6-11(15)13(19-2)5-12(14)16/h5-6,9-10,17H,3-4,7-8H2,1-2H3. The molecule has 112 valence electrons. The zero-order valence-electron chi connectivity index (χ0n) is 11.6. The average molecular weight is 409 g/mol. The van der Waals surface area contributed by atoms with Crippen LogP contribution in [0.5, 0.6) is 11.5 Å². The van der Waals surface area contributed by atoms with Crippen LogP contribution < -0.4 is 14.8 Å². The first-order chi connectivity index (χ1) is 9.63. The lowest BCUT2D eigenvalue weighted by molar-refractivity contribution is 0.0798. The summed E-state index contributed by atoms with van der Waals surface area (Å²) in [5.74, 6) is 1.54. The van der Waals surface area contributed by atoms with Gasteiger partial charge in [0.15, 0.2) is 0 Å². The largest absolute Gasteiger partial charge is 0.496 e. The van der Waals surface area contributed by atoms with Crippen molar-refractivity contribution in [3.63, 3.8) is 0 Å². The van der Waals surface area contributed by atoms with Crippen molar-refractivity contribution >= 4 is 31.9 Å². The van der Waals surface area contributed by atoms with Crippen LogP contribution in [0.2, 0.25) is 0 Å². The Bertz CT molecular complexity index is 452. The van der Waals surface area contributed by atoms with Crippen LogP contribution in [0.15, 0.2) is 21.1 Å². The summed E-state index contributed by atoms with van der Waals surface area (Å²) < 4.78 is 18.2. The topological polar surface area (TPSA) is 39.7 Å². The molecule has 20 heavy (non-hydrogen) atoms. The molecule has 0 spiro atoms. The molecular weight excluding hydrogens is 390 g/mol. The highest BCUT2D eigenvalue weighted by Crippen LogP contribution is 2.36. The summed E-state index contributed by atoms with van der Waals surface area (Å²) in [4.78, 5) is 0. The molecule has 1 atom stereocenters. The van der Waals surface area contributed by atoms with Gasteiger partial charge in [-0.2, -0.15) is 0 Å². The number of rotatable bonds is 8. The molecule has 0 radical (unpaired) electrons. The van der Waals surface area contributed by atoms with Gasteiger partial charge in [-0.25, -0.2) is 0 Å². The summed E-state index contributed by atoms with van der Waals surface area (Å²) in [6.07, 6.45) is 2.51. The Labute approximate surface area is 136 Å². The first-order valence-electron chi connectivity index (χ1n) is 6.56. The van der Waals surface area contributed by atoms with E-state index >= 15 is 0 Å². The van der Waals surface area contributed by atoms with Gasteiger partial charge in [-0.05, 0) is 56.8 Å². The van der Waals surface area contributed by atoms with Crippen molar-refractivity contribution < 1.29 is 14.2 Å². The molecule has 1 aromatic rings. The van der Waals surface area contributed by atoms with E-state index in [2.05, 4.69) is 37.2 Å². The first kappa shape index (κ1) is 16.1. The lowest BCUT2D eigenvalue weighted by Gasteiger charge is -2.20. The second-order valence-electron chi connectivity index (χ2n) is 4.79. The number of methoxy groups -OCH3 is 2. The fourth-order valence-electron chi connectivity index (χ4n) is 1.84. The van der Waals surface area contributed by atoms with Crippen LogP contribution in [-0.4, -0.2) is 39.5 Å². The van der Waals surface area contributed by atoms with Gasteiger partial charge in [0.1, 0.15) is 17.6 Å². The van der Waals surface area contributed by atoms with E-state index < -0.39 is 0 Å². The lowest BCUT2D eigenvalue weighted by atomic mass is 10.3. The van der Waals surface area contributed by atoms with Crippen LogP contribution in [0.1, 0.15) is 12.8 Å². The minimum absolute atomic E-state index is 0.0165. The lowest BCUT2D eigenvalue weighted by Crippen LogP contribution is -2.36. The van der Waals surface area contributed by atoms with Crippen molar-refractivity contribution in [2.24, 2.45) is 0 Å². The maximum atomic E-state index is 6.02. The molecule has 2 rings (SSSR count). The molecule has 0 bridgehead atoms. The molecule has 1 aliphatic carbocycles. The number of hydrogen-bond acceptors (Lipinski definition) is 4. The molecule has 0 amide bonds. The van der Waals surface area contributed by atoms with Gasteiger partial charge in [0.05, 0.1) is 22.7 Å². The van der Waals surface area contributed by atoms with Crippen molar-refractivity contribution in [1.82, 2.24) is 5.32 Å². The Morgan fingerprint density at radius 1 is 1.20 bits per heavy atom. The molecule has 0 aromatic heterocycles. The Morgan fingerprint density at radius 2 is 1.85 bits per heavy atom. The van der Waals surface area contributed by atoms with Crippen LogP contribution in [0.25, 0.3) is 0 Å². The molecule has 1 aromatic carbocycles. The number of nitrogens with one attached hydrogen (secondary N) is 1. The normalized spacial score (nSPS) is 16.0. The monoisotopic (exact) mass is 407 g/mol. The highest BCUT2D eigenvalue weighted by atomic mass is 79.9. The molecular formula is C14H19Br2NO3. The molecule has 0 saturated heterocycles. The van der Waals surface area contributed by atoms with Crippen LogP contribution in [0, 0.1) is 0 Å². The first-order valence-corrected chi connectivity index (χ1v) is 8.14. The van der Waals surface area contributed by atoms with Crippen molar-refractivity contribution in [3.05, 3.63) is 21.1 Å². The molecule has 0 heterocycles. The number of ether oxygens (including phenoxy) is 3. The van der Waals surface area contributed by atoms with E-state index in [9.17, 15) is 0 Å². The van der Waals surface area contributed by atoms with Crippen LogP contribution >= 0.6 is 31.9 Å². The molecule has 1 unspecified atom stereocenters. The Balaban J connectivity index is 2.02. The second kappa shape index (κ2) is 7.64. The summed E-state index contributed by atoms with van der Waals surface area (Å²) in [6, 6.07) is 4.45. The van der Waals surface area contributed by atoms with Gasteiger partial charge in [-0.1, -0.05) is 0 Å². The number of halogens is 2. The number of benzene rings is 1. The van der Waals surface area contributed by atoms with Gasteiger partial charge in [0, 0.05) is 19.7 Å². The molecule has 0 aliphatic heterocycles. The minimum atomic E-state index is -0.0165. The fraction of sp³-hybridized carbons (Fsp3) is 0.571. The minimum Gasteiger partial charge on any atom is -0.496 e. The van der Waals surface area contributed by atoms with Gasteiger partial charge >= 0.3 is 0 Å². The third-order valence-corrected chi connectivity index (χ3v) is 4.30. The van der Waals surface area contributed by atoms with E-state index in [-0.39, 0.29) is 6.10 Å². The molecule has 1 N–H and O–H groups in total. The van der Waals surface area contributed by atoms with Crippen LogP contribution in [0.3, 0.4) is 0 Å². The van der Waals surface area contributed by atoms with Gasteiger partial charge < -0.3 is 19.5 Å². The summed E-state index contributed by atoms with van der Waals surface area (Å²) in [5, 5.41) is 3.46. The van der Waals surface area contributed by atoms with Gasteiger partial charge in [0.25, 0.3) is 0 Å². The van der Waals surface area contributed by atoms with Crippen molar-refractivity contribution in [2.45, 2.75) is 25.0 Å². The third-order valence-electron chi connectivity index (χ3n) is 3.06. The zero-order valence-corrected chi connectivity index (χ0v) is 14.8. The average Bonchev–Trinajstić information content (AvgIpc) is 3.24. The van der Waals surface area contributed by atoms with E-state index in [4.69, 9.17) is 14.2 Å². The Morgan fingerprint density at radius 3 is 2.45 bits per heavy atom. The predicted octanol–water partition coefficient (Wildman–Crippen LogP) is 3.37. The molecule has 1 fully saturated rings. The van der Waals surface area contributed by atoms with Crippen LogP contribution in [-0.2, 0) is 4.74 Å². The smallest absolute Gasteiger partial charge is 0.135 e. The van der Waals surface area contributed by atoms with E-state index in [1.54, 1.807) is 14.2 Å². The molecule has 1 saturated carbocycles. The van der Waals surface area contributed by atoms with E-state index in [1.807, 2.05) is 12.1 Å².